The second kappa shape index (κ2) is 4.21. The van der Waals surface area contributed by atoms with Crippen LogP contribution < -0.4 is 0 Å². The monoisotopic (exact) mass is 154 g/mol. The Morgan fingerprint density at radius 3 is 2.91 bits per heavy atom. The highest BCUT2D eigenvalue weighted by Gasteiger charge is 2.14. The minimum atomic E-state index is -0.0113. The van der Waals surface area contributed by atoms with E-state index in [4.69, 9.17) is 5.53 Å². The molecule has 0 saturated heterocycles. The van der Waals surface area contributed by atoms with Crippen LogP contribution in [0.3, 0.4) is 0 Å². The Bertz CT molecular complexity index is 156. The number of carbonyl (C=O) groups excluding carboxylic acids is 1. The minimum Gasteiger partial charge on any atom is -0.300 e. The Morgan fingerprint density at radius 1 is 1.36 bits per heavy atom. The van der Waals surface area contributed by atoms with Gasteiger partial charge in [-0.25, -0.2) is 5.53 Å². The summed E-state index contributed by atoms with van der Waals surface area (Å²) in [6, 6.07) is -0.0113. The lowest BCUT2D eigenvalue weighted by Gasteiger charge is -2.12. The third-order valence-corrected chi connectivity index (χ3v) is 2.14. The van der Waals surface area contributed by atoms with Crippen LogP contribution in [-0.2, 0) is 4.79 Å². The van der Waals surface area contributed by atoms with Crippen LogP contribution in [0.1, 0.15) is 38.5 Å². The van der Waals surface area contributed by atoms with Crippen molar-refractivity contribution in [2.24, 2.45) is 5.11 Å². The Morgan fingerprint density at radius 2 is 2.18 bits per heavy atom. The summed E-state index contributed by atoms with van der Waals surface area (Å²) in [5, 5.41) is 3.43. The van der Waals surface area contributed by atoms with E-state index < -0.39 is 0 Å². The van der Waals surface area contributed by atoms with E-state index in [1.54, 1.807) is 0 Å². The molecule has 1 fully saturated rings. The molecule has 62 valence electrons. The highest BCUT2D eigenvalue weighted by Crippen LogP contribution is 2.16. The molecule has 1 aliphatic carbocycles. The van der Waals surface area contributed by atoms with Crippen LogP contribution in [0, 0.1) is 5.53 Å². The molecule has 1 aliphatic rings. The molecule has 0 amide bonds. The number of Topliss-reactive ketones (excluding diaryl/α,β-unsaturated/α-hetero) is 1. The van der Waals surface area contributed by atoms with Gasteiger partial charge in [-0.1, -0.05) is 12.8 Å². The number of nitrogens with one attached hydrogen (secondary N) is 1. The fraction of sp³-hybridized carbons (Fsp3) is 0.875. The van der Waals surface area contributed by atoms with Gasteiger partial charge >= 0.3 is 0 Å². The Labute approximate surface area is 66.7 Å². The molecule has 1 N–H and O–H groups in total. The molecule has 11 heavy (non-hydrogen) atoms. The van der Waals surface area contributed by atoms with E-state index in [0.717, 1.165) is 25.7 Å². The fourth-order valence-corrected chi connectivity index (χ4v) is 1.46. The first kappa shape index (κ1) is 8.37. The molecule has 0 bridgehead atoms. The van der Waals surface area contributed by atoms with Gasteiger partial charge in [0.15, 0.2) is 0 Å². The van der Waals surface area contributed by atoms with Gasteiger partial charge in [-0.15, -0.1) is 0 Å². The number of ketones is 1. The maximum atomic E-state index is 11.1. The standard InChI is InChI=1S/C8H14N2O/c9-10-7-4-2-1-3-5-8(11)6-7/h7,9H,1-6H2. The average Bonchev–Trinajstić information content (AvgIpc) is 1.96. The summed E-state index contributed by atoms with van der Waals surface area (Å²) >= 11 is 0. The minimum absolute atomic E-state index is 0.0113. The smallest absolute Gasteiger partial charge is 0.135 e. The van der Waals surface area contributed by atoms with E-state index in [1.165, 1.54) is 0 Å². The topological polar surface area (TPSA) is 53.3 Å². The van der Waals surface area contributed by atoms with Crippen LogP contribution in [0.15, 0.2) is 5.11 Å². The highest BCUT2D eigenvalue weighted by atomic mass is 16.1. The van der Waals surface area contributed by atoms with Crippen LogP contribution in [0.4, 0.5) is 0 Å². The summed E-state index contributed by atoms with van der Waals surface area (Å²) in [5.41, 5.74) is 6.83. The van der Waals surface area contributed by atoms with Gasteiger partial charge < -0.3 is 0 Å². The zero-order valence-electron chi connectivity index (χ0n) is 6.68. The highest BCUT2D eigenvalue weighted by molar-refractivity contribution is 5.79. The summed E-state index contributed by atoms with van der Waals surface area (Å²) in [4.78, 5) is 11.1. The molecule has 0 spiro atoms. The molecule has 1 rings (SSSR count). The van der Waals surface area contributed by atoms with Gasteiger partial charge in [-0.3, -0.25) is 4.79 Å². The molecule has 3 heteroatoms. The maximum absolute atomic E-state index is 11.1. The number of hydrogen-bond acceptors (Lipinski definition) is 3. The normalized spacial score (nSPS) is 27.3. The summed E-state index contributed by atoms with van der Waals surface area (Å²) in [5.74, 6) is 0.283. The Hall–Kier alpha value is -0.730. The third-order valence-electron chi connectivity index (χ3n) is 2.14. The SMILES string of the molecule is N=NC1CCCCCC(=O)C1. The lowest BCUT2D eigenvalue weighted by Crippen LogP contribution is -2.13. The van der Waals surface area contributed by atoms with Crippen molar-refractivity contribution in [3.05, 3.63) is 0 Å². The summed E-state index contributed by atoms with van der Waals surface area (Å²) in [6.45, 7) is 0. The van der Waals surface area contributed by atoms with Crippen molar-refractivity contribution in [1.29, 1.82) is 5.53 Å². The molecule has 0 radical (unpaired) electrons. The van der Waals surface area contributed by atoms with E-state index in [0.29, 0.717) is 12.8 Å². The molecule has 3 nitrogen and oxygen atoms in total. The van der Waals surface area contributed by atoms with E-state index >= 15 is 0 Å². The Kier molecular flexibility index (Phi) is 3.20. The van der Waals surface area contributed by atoms with Crippen LogP contribution >= 0.6 is 0 Å². The zero-order valence-corrected chi connectivity index (χ0v) is 6.68. The zero-order chi connectivity index (χ0) is 8.10. The van der Waals surface area contributed by atoms with Gasteiger partial charge in [-0.05, 0) is 12.8 Å². The van der Waals surface area contributed by atoms with Crippen molar-refractivity contribution in [2.75, 3.05) is 0 Å². The van der Waals surface area contributed by atoms with E-state index in [-0.39, 0.29) is 11.8 Å². The fourth-order valence-electron chi connectivity index (χ4n) is 1.46. The van der Waals surface area contributed by atoms with Crippen molar-refractivity contribution in [1.82, 2.24) is 0 Å². The Balaban J connectivity index is 2.41. The first-order valence-corrected chi connectivity index (χ1v) is 4.21. The predicted octanol–water partition coefficient (Wildman–Crippen LogP) is 2.31. The van der Waals surface area contributed by atoms with Gasteiger partial charge in [0.05, 0.1) is 6.04 Å². The lowest BCUT2D eigenvalue weighted by molar-refractivity contribution is -0.119. The predicted molar refractivity (Wildman–Crippen MR) is 41.6 cm³/mol. The lowest BCUT2D eigenvalue weighted by atomic mass is 9.96. The quantitative estimate of drug-likeness (QED) is 0.579. The second-order valence-corrected chi connectivity index (χ2v) is 3.13. The molecule has 1 saturated carbocycles. The van der Waals surface area contributed by atoms with Crippen LogP contribution in [0.25, 0.3) is 0 Å². The van der Waals surface area contributed by atoms with Crippen LogP contribution in [0.5, 0.6) is 0 Å². The van der Waals surface area contributed by atoms with Crippen molar-refractivity contribution >= 4 is 5.78 Å². The molecule has 0 aromatic carbocycles. The summed E-state index contributed by atoms with van der Waals surface area (Å²) in [7, 11) is 0. The van der Waals surface area contributed by atoms with Gasteiger partial charge in [-0.2, -0.15) is 5.11 Å². The van der Waals surface area contributed by atoms with Crippen LogP contribution in [0.2, 0.25) is 0 Å². The molecule has 0 heterocycles. The molecular formula is C8H14N2O. The van der Waals surface area contributed by atoms with Crippen molar-refractivity contribution in [2.45, 2.75) is 44.6 Å². The molecular weight excluding hydrogens is 140 g/mol. The van der Waals surface area contributed by atoms with Crippen molar-refractivity contribution in [3.8, 4) is 0 Å². The van der Waals surface area contributed by atoms with E-state index in [1.807, 2.05) is 0 Å². The molecule has 0 aromatic rings. The average molecular weight is 154 g/mol. The third kappa shape index (κ3) is 2.78. The van der Waals surface area contributed by atoms with Crippen molar-refractivity contribution in [3.63, 3.8) is 0 Å². The van der Waals surface area contributed by atoms with Crippen LogP contribution in [-0.4, -0.2) is 11.8 Å². The molecule has 1 unspecified atom stereocenters. The molecule has 0 aliphatic heterocycles. The molecule has 1 atom stereocenters. The first-order chi connectivity index (χ1) is 5.33. The van der Waals surface area contributed by atoms with Crippen molar-refractivity contribution < 1.29 is 4.79 Å². The van der Waals surface area contributed by atoms with E-state index in [9.17, 15) is 4.79 Å². The van der Waals surface area contributed by atoms with Gasteiger partial charge in [0.1, 0.15) is 5.78 Å². The number of hydrogen-bond donors (Lipinski definition) is 1. The van der Waals surface area contributed by atoms with Gasteiger partial charge in [0.25, 0.3) is 0 Å². The van der Waals surface area contributed by atoms with Gasteiger partial charge in [0.2, 0.25) is 0 Å². The van der Waals surface area contributed by atoms with E-state index in [2.05, 4.69) is 5.11 Å². The number of rotatable bonds is 1. The second-order valence-electron chi connectivity index (χ2n) is 3.13. The summed E-state index contributed by atoms with van der Waals surface area (Å²) < 4.78 is 0. The maximum Gasteiger partial charge on any atom is 0.135 e. The number of carbonyl (C=O) groups is 1. The first-order valence-electron chi connectivity index (χ1n) is 4.21. The summed E-state index contributed by atoms with van der Waals surface area (Å²) in [6.07, 6.45) is 5.41. The largest absolute Gasteiger partial charge is 0.300 e. The number of nitrogens with zero attached hydrogens (tertiary/aromatic N) is 1. The van der Waals surface area contributed by atoms with Gasteiger partial charge in [0, 0.05) is 12.8 Å². The molecule has 0 aromatic heterocycles.